The third kappa shape index (κ3) is 4.34. The Hall–Kier alpha value is -2.56. The second-order valence-corrected chi connectivity index (χ2v) is 7.33. The molecule has 0 radical (unpaired) electrons. The highest BCUT2D eigenvalue weighted by Crippen LogP contribution is 2.29. The van der Waals surface area contributed by atoms with E-state index in [2.05, 4.69) is 5.32 Å². The molecule has 5 nitrogen and oxygen atoms in total. The smallest absolute Gasteiger partial charge is 0.251 e. The first-order chi connectivity index (χ1) is 12.7. The highest BCUT2D eigenvalue weighted by molar-refractivity contribution is 5.94. The van der Waals surface area contributed by atoms with E-state index in [9.17, 15) is 9.59 Å². The first kappa shape index (κ1) is 16.9. The molecule has 2 aliphatic carbocycles. The van der Waals surface area contributed by atoms with E-state index in [1.807, 2.05) is 35.2 Å². The van der Waals surface area contributed by atoms with Crippen LogP contribution in [-0.4, -0.2) is 28.8 Å². The van der Waals surface area contributed by atoms with Gasteiger partial charge in [0.2, 0.25) is 5.91 Å². The van der Waals surface area contributed by atoms with Crippen LogP contribution in [0.5, 0.6) is 0 Å². The van der Waals surface area contributed by atoms with Crippen molar-refractivity contribution in [3.05, 3.63) is 59.5 Å². The lowest BCUT2D eigenvalue weighted by Gasteiger charge is -2.22. The van der Waals surface area contributed by atoms with E-state index in [0.29, 0.717) is 37.0 Å². The molecule has 1 aromatic carbocycles. The molecular formula is C21H24N2O3. The van der Waals surface area contributed by atoms with Crippen LogP contribution in [0.15, 0.2) is 47.3 Å². The minimum absolute atomic E-state index is 0.00529. The summed E-state index contributed by atoms with van der Waals surface area (Å²) in [5, 5.41) is 3.00. The topological polar surface area (TPSA) is 62.6 Å². The second-order valence-electron chi connectivity index (χ2n) is 7.33. The lowest BCUT2D eigenvalue weighted by Crippen LogP contribution is -2.32. The van der Waals surface area contributed by atoms with Gasteiger partial charge in [0.25, 0.3) is 5.91 Å². The Bertz CT molecular complexity index is 759. The molecule has 0 bridgehead atoms. The standard InChI is InChI=1S/C21H24N2O3/c24-20(10-3-16-11-12-26-14-16)23(19-8-9-19)13-15-1-4-17(5-2-15)21(25)22-18-6-7-18/h1-2,4-5,11-12,14,18-19H,3,6-10,13H2,(H,22,25). The fourth-order valence-electron chi connectivity index (χ4n) is 3.09. The van der Waals surface area contributed by atoms with Crippen LogP contribution >= 0.6 is 0 Å². The fourth-order valence-corrected chi connectivity index (χ4v) is 3.09. The van der Waals surface area contributed by atoms with Crippen LogP contribution in [0.4, 0.5) is 0 Å². The largest absolute Gasteiger partial charge is 0.472 e. The van der Waals surface area contributed by atoms with E-state index in [0.717, 1.165) is 36.8 Å². The Labute approximate surface area is 153 Å². The molecule has 2 fully saturated rings. The van der Waals surface area contributed by atoms with E-state index in [4.69, 9.17) is 4.42 Å². The SMILES string of the molecule is O=C(NC1CC1)c1ccc(CN(C(=O)CCc2ccoc2)C2CC2)cc1. The molecule has 4 rings (SSSR count). The average Bonchev–Trinajstić information content (AvgIpc) is 3.58. The predicted molar refractivity (Wildman–Crippen MR) is 97.5 cm³/mol. The number of hydrogen-bond donors (Lipinski definition) is 1. The van der Waals surface area contributed by atoms with Crippen molar-refractivity contribution in [1.29, 1.82) is 0 Å². The molecule has 0 spiro atoms. The highest BCUT2D eigenvalue weighted by Gasteiger charge is 2.32. The molecule has 0 atom stereocenters. The summed E-state index contributed by atoms with van der Waals surface area (Å²) in [7, 11) is 0. The molecule has 2 saturated carbocycles. The predicted octanol–water partition coefficient (Wildman–Crippen LogP) is 3.30. The maximum Gasteiger partial charge on any atom is 0.251 e. The zero-order chi connectivity index (χ0) is 17.9. The molecule has 136 valence electrons. The number of carbonyl (C=O) groups excluding carboxylic acids is 2. The molecule has 1 aromatic heterocycles. The maximum absolute atomic E-state index is 12.7. The third-order valence-electron chi connectivity index (χ3n) is 5.00. The number of rotatable bonds is 8. The molecule has 2 amide bonds. The van der Waals surface area contributed by atoms with Crippen molar-refractivity contribution in [2.75, 3.05) is 0 Å². The average molecular weight is 352 g/mol. The Kier molecular flexibility index (Phi) is 4.78. The molecule has 26 heavy (non-hydrogen) atoms. The number of carbonyl (C=O) groups is 2. The normalized spacial score (nSPS) is 16.3. The summed E-state index contributed by atoms with van der Waals surface area (Å²) in [6.45, 7) is 0.611. The zero-order valence-electron chi connectivity index (χ0n) is 14.8. The van der Waals surface area contributed by atoms with Gasteiger partial charge in [-0.05, 0) is 61.4 Å². The number of hydrogen-bond acceptors (Lipinski definition) is 3. The van der Waals surface area contributed by atoms with Crippen LogP contribution in [0.2, 0.25) is 0 Å². The molecule has 0 unspecified atom stereocenters. The summed E-state index contributed by atoms with van der Waals surface area (Å²) >= 11 is 0. The third-order valence-corrected chi connectivity index (χ3v) is 5.00. The van der Waals surface area contributed by atoms with Crippen molar-refractivity contribution >= 4 is 11.8 Å². The van der Waals surface area contributed by atoms with E-state index < -0.39 is 0 Å². The lowest BCUT2D eigenvalue weighted by atomic mass is 10.1. The van der Waals surface area contributed by atoms with Gasteiger partial charge < -0.3 is 14.6 Å². The molecule has 2 aliphatic rings. The molecule has 0 saturated heterocycles. The monoisotopic (exact) mass is 352 g/mol. The van der Waals surface area contributed by atoms with Gasteiger partial charge in [-0.15, -0.1) is 0 Å². The zero-order valence-corrected chi connectivity index (χ0v) is 14.8. The highest BCUT2D eigenvalue weighted by atomic mass is 16.3. The van der Waals surface area contributed by atoms with Crippen molar-refractivity contribution in [3.8, 4) is 0 Å². The van der Waals surface area contributed by atoms with Crippen molar-refractivity contribution in [2.24, 2.45) is 0 Å². The number of nitrogens with zero attached hydrogens (tertiary/aromatic N) is 1. The van der Waals surface area contributed by atoms with E-state index in [-0.39, 0.29) is 11.8 Å². The van der Waals surface area contributed by atoms with Gasteiger partial charge in [0, 0.05) is 30.6 Å². The second kappa shape index (κ2) is 7.36. The van der Waals surface area contributed by atoms with Gasteiger partial charge in [-0.3, -0.25) is 9.59 Å². The molecule has 1 N–H and O–H groups in total. The van der Waals surface area contributed by atoms with Gasteiger partial charge in [0.05, 0.1) is 12.5 Å². The molecule has 5 heteroatoms. The van der Waals surface area contributed by atoms with Gasteiger partial charge in [-0.2, -0.15) is 0 Å². The summed E-state index contributed by atoms with van der Waals surface area (Å²) in [6.07, 6.45) is 8.87. The van der Waals surface area contributed by atoms with Crippen LogP contribution in [0, 0.1) is 0 Å². The summed E-state index contributed by atoms with van der Waals surface area (Å²) in [4.78, 5) is 26.7. The van der Waals surface area contributed by atoms with Crippen LogP contribution in [-0.2, 0) is 17.8 Å². The quantitative estimate of drug-likeness (QED) is 0.793. The van der Waals surface area contributed by atoms with E-state index >= 15 is 0 Å². The van der Waals surface area contributed by atoms with Crippen molar-refractivity contribution in [1.82, 2.24) is 10.2 Å². The van der Waals surface area contributed by atoms with Crippen LogP contribution in [0.3, 0.4) is 0 Å². The van der Waals surface area contributed by atoms with Gasteiger partial charge in [0.15, 0.2) is 0 Å². The minimum Gasteiger partial charge on any atom is -0.472 e. The first-order valence-electron chi connectivity index (χ1n) is 9.39. The van der Waals surface area contributed by atoms with Gasteiger partial charge in [-0.25, -0.2) is 0 Å². The van der Waals surface area contributed by atoms with Crippen LogP contribution in [0.25, 0.3) is 0 Å². The minimum atomic E-state index is -0.00529. The van der Waals surface area contributed by atoms with Crippen molar-refractivity contribution < 1.29 is 14.0 Å². The summed E-state index contributed by atoms with van der Waals surface area (Å²) < 4.78 is 5.06. The fraction of sp³-hybridized carbons (Fsp3) is 0.429. The molecular weight excluding hydrogens is 328 g/mol. The Morgan fingerprint density at radius 3 is 2.42 bits per heavy atom. The van der Waals surface area contributed by atoms with Crippen molar-refractivity contribution in [2.45, 2.75) is 57.2 Å². The first-order valence-corrected chi connectivity index (χ1v) is 9.39. The summed E-state index contributed by atoms with van der Waals surface area (Å²) in [5.74, 6) is 0.179. The summed E-state index contributed by atoms with van der Waals surface area (Å²) in [5.41, 5.74) is 2.81. The summed E-state index contributed by atoms with van der Waals surface area (Å²) in [6, 6.07) is 10.3. The number of furan rings is 1. The molecule has 0 aliphatic heterocycles. The lowest BCUT2D eigenvalue weighted by molar-refractivity contribution is -0.132. The van der Waals surface area contributed by atoms with Gasteiger partial charge in [-0.1, -0.05) is 12.1 Å². The number of amides is 2. The number of benzene rings is 1. The van der Waals surface area contributed by atoms with E-state index in [1.165, 1.54) is 0 Å². The van der Waals surface area contributed by atoms with Crippen LogP contribution in [0.1, 0.15) is 53.6 Å². The van der Waals surface area contributed by atoms with Crippen molar-refractivity contribution in [3.63, 3.8) is 0 Å². The van der Waals surface area contributed by atoms with Crippen LogP contribution < -0.4 is 5.32 Å². The molecule has 1 heterocycles. The van der Waals surface area contributed by atoms with Gasteiger partial charge >= 0.3 is 0 Å². The van der Waals surface area contributed by atoms with E-state index in [1.54, 1.807) is 12.5 Å². The molecule has 2 aromatic rings. The Balaban J connectivity index is 1.35. The Morgan fingerprint density at radius 2 is 1.81 bits per heavy atom. The van der Waals surface area contributed by atoms with Gasteiger partial charge in [0.1, 0.15) is 0 Å². The number of nitrogens with one attached hydrogen (secondary N) is 1. The number of aryl methyl sites for hydroxylation is 1. The Morgan fingerprint density at radius 1 is 1.04 bits per heavy atom. The maximum atomic E-state index is 12.7.